The molecule has 0 aliphatic carbocycles. The maximum atomic E-state index is 5.39. The molecule has 0 aromatic rings. The Balaban J connectivity index is 1.71. The largest absolute Gasteiger partial charge is 0.379 e. The van der Waals surface area contributed by atoms with Crippen molar-refractivity contribution >= 4 is 16.9 Å². The fraction of sp³-hybridized carbons (Fsp3) is 0.933. The van der Waals surface area contributed by atoms with Gasteiger partial charge < -0.3 is 10.1 Å². The van der Waals surface area contributed by atoms with Crippen LogP contribution in [0.2, 0.25) is 0 Å². The van der Waals surface area contributed by atoms with Crippen LogP contribution in [0.4, 0.5) is 0 Å². The minimum atomic E-state index is 0.458. The van der Waals surface area contributed by atoms with Gasteiger partial charge >= 0.3 is 0 Å². The summed E-state index contributed by atoms with van der Waals surface area (Å²) in [4.78, 5) is 7.16. The second-order valence-corrected chi connectivity index (χ2v) is 7.06. The first-order chi connectivity index (χ1) is 9.72. The second kappa shape index (κ2) is 8.25. The lowest BCUT2D eigenvalue weighted by Gasteiger charge is -2.29. The van der Waals surface area contributed by atoms with Crippen LogP contribution in [0.3, 0.4) is 0 Å². The van der Waals surface area contributed by atoms with Gasteiger partial charge in [-0.15, -0.1) is 0 Å². The highest BCUT2D eigenvalue weighted by Gasteiger charge is 2.26. The van der Waals surface area contributed by atoms with Crippen LogP contribution in [0.25, 0.3) is 0 Å². The molecule has 4 nitrogen and oxygen atoms in total. The number of nitrogens with zero attached hydrogens (tertiary/aromatic N) is 2. The first kappa shape index (κ1) is 16.1. The van der Waals surface area contributed by atoms with Crippen molar-refractivity contribution in [2.24, 2.45) is 10.9 Å². The van der Waals surface area contributed by atoms with Crippen molar-refractivity contribution < 1.29 is 4.74 Å². The van der Waals surface area contributed by atoms with Crippen LogP contribution in [0.5, 0.6) is 0 Å². The molecule has 2 unspecified atom stereocenters. The molecular weight excluding hydrogens is 270 g/mol. The second-order valence-electron chi connectivity index (χ2n) is 5.84. The lowest BCUT2D eigenvalue weighted by atomic mass is 9.99. The summed E-state index contributed by atoms with van der Waals surface area (Å²) in [6.45, 7) is 12.8. The maximum Gasteiger partial charge on any atom is 0.157 e. The summed E-state index contributed by atoms with van der Waals surface area (Å²) in [7, 11) is 0. The highest BCUT2D eigenvalue weighted by atomic mass is 32.2. The minimum absolute atomic E-state index is 0.458. The predicted molar refractivity (Wildman–Crippen MR) is 87.6 cm³/mol. The van der Waals surface area contributed by atoms with Gasteiger partial charge in [-0.3, -0.25) is 9.89 Å². The fourth-order valence-corrected chi connectivity index (χ4v) is 4.39. The molecule has 116 valence electrons. The first-order valence-corrected chi connectivity index (χ1v) is 8.88. The van der Waals surface area contributed by atoms with E-state index in [9.17, 15) is 0 Å². The van der Waals surface area contributed by atoms with Crippen LogP contribution in [-0.2, 0) is 4.74 Å². The van der Waals surface area contributed by atoms with Gasteiger partial charge in [0.05, 0.1) is 19.8 Å². The van der Waals surface area contributed by atoms with Crippen molar-refractivity contribution in [2.75, 3.05) is 39.4 Å². The predicted octanol–water partition coefficient (Wildman–Crippen LogP) is 2.20. The average Bonchev–Trinajstić information content (AvgIpc) is 2.89. The van der Waals surface area contributed by atoms with Crippen molar-refractivity contribution in [1.82, 2.24) is 10.2 Å². The topological polar surface area (TPSA) is 36.9 Å². The Labute approximate surface area is 127 Å². The van der Waals surface area contributed by atoms with Gasteiger partial charge in [0.2, 0.25) is 0 Å². The third-order valence-electron chi connectivity index (χ3n) is 4.26. The van der Waals surface area contributed by atoms with Gasteiger partial charge in [-0.2, -0.15) is 0 Å². The number of aliphatic imine (C=N–C) groups is 1. The molecule has 0 bridgehead atoms. The molecule has 2 aliphatic rings. The average molecular weight is 299 g/mol. The van der Waals surface area contributed by atoms with Crippen molar-refractivity contribution in [1.29, 1.82) is 0 Å². The van der Waals surface area contributed by atoms with Crippen molar-refractivity contribution in [3.63, 3.8) is 0 Å². The quantitative estimate of drug-likeness (QED) is 0.816. The summed E-state index contributed by atoms with van der Waals surface area (Å²) in [6.07, 6.45) is 2.53. The van der Waals surface area contributed by atoms with E-state index >= 15 is 0 Å². The molecule has 2 heterocycles. The molecule has 20 heavy (non-hydrogen) atoms. The van der Waals surface area contributed by atoms with E-state index in [0.717, 1.165) is 50.5 Å². The Bertz CT molecular complexity index is 314. The fourth-order valence-electron chi connectivity index (χ4n) is 2.96. The summed E-state index contributed by atoms with van der Waals surface area (Å²) >= 11 is 1.95. The summed E-state index contributed by atoms with van der Waals surface area (Å²) in [5.41, 5.74) is 0. The molecular formula is C15H29N3OS. The van der Waals surface area contributed by atoms with Crippen LogP contribution < -0.4 is 5.32 Å². The van der Waals surface area contributed by atoms with Crippen LogP contribution in [-0.4, -0.2) is 60.8 Å². The lowest BCUT2D eigenvalue weighted by molar-refractivity contribution is 0.0353. The monoisotopic (exact) mass is 299 g/mol. The van der Waals surface area contributed by atoms with Gasteiger partial charge in [-0.25, -0.2) is 0 Å². The van der Waals surface area contributed by atoms with E-state index in [1.54, 1.807) is 0 Å². The smallest absolute Gasteiger partial charge is 0.157 e. The highest BCUT2D eigenvalue weighted by Crippen LogP contribution is 2.30. The number of nitrogens with one attached hydrogen (secondary N) is 1. The zero-order valence-electron chi connectivity index (χ0n) is 13.1. The van der Waals surface area contributed by atoms with E-state index in [-0.39, 0.29) is 0 Å². The van der Waals surface area contributed by atoms with E-state index < -0.39 is 0 Å². The minimum Gasteiger partial charge on any atom is -0.379 e. The molecule has 2 atom stereocenters. The summed E-state index contributed by atoms with van der Waals surface area (Å²) in [5, 5.41) is 5.43. The number of amidine groups is 1. The zero-order chi connectivity index (χ0) is 14.4. The molecule has 5 heteroatoms. The normalized spacial score (nSPS) is 25.8. The highest BCUT2D eigenvalue weighted by molar-refractivity contribution is 8.14. The first-order valence-electron chi connectivity index (χ1n) is 8.00. The van der Waals surface area contributed by atoms with Gasteiger partial charge in [0.15, 0.2) is 5.17 Å². The van der Waals surface area contributed by atoms with Gasteiger partial charge in [0, 0.05) is 30.9 Å². The Morgan fingerprint density at radius 1 is 1.35 bits per heavy atom. The molecule has 0 amide bonds. The zero-order valence-corrected chi connectivity index (χ0v) is 13.9. The molecule has 0 aromatic heterocycles. The van der Waals surface area contributed by atoms with Crippen molar-refractivity contribution in [3.8, 4) is 0 Å². The number of thioether (sulfide) groups is 1. The summed E-state index contributed by atoms with van der Waals surface area (Å²) in [5.74, 6) is 0.803. The van der Waals surface area contributed by atoms with Crippen LogP contribution in [0.1, 0.15) is 33.6 Å². The molecule has 2 rings (SSSR count). The van der Waals surface area contributed by atoms with Gasteiger partial charge in [0.1, 0.15) is 0 Å². The molecule has 1 N–H and O–H groups in total. The van der Waals surface area contributed by atoms with E-state index in [2.05, 4.69) is 31.0 Å². The Morgan fingerprint density at radius 2 is 2.05 bits per heavy atom. The van der Waals surface area contributed by atoms with Crippen LogP contribution in [0, 0.1) is 5.92 Å². The molecule has 0 radical (unpaired) electrons. The molecule has 1 fully saturated rings. The molecule has 0 saturated carbocycles. The Morgan fingerprint density at radius 3 is 2.70 bits per heavy atom. The summed E-state index contributed by atoms with van der Waals surface area (Å²) < 4.78 is 5.39. The number of hydrogen-bond acceptors (Lipinski definition) is 5. The number of ether oxygens (including phenoxy) is 1. The standard InChI is InChI=1S/C15H29N3OS/c1-4-13(5-2)14-10-16-15(20-14)17-12(3)11-18-6-8-19-9-7-18/h12-14H,4-11H2,1-3H3,(H,16,17). The Hall–Kier alpha value is -0.260. The molecule has 0 spiro atoms. The lowest BCUT2D eigenvalue weighted by Crippen LogP contribution is -2.45. The van der Waals surface area contributed by atoms with Crippen LogP contribution >= 0.6 is 11.8 Å². The number of rotatable bonds is 6. The number of hydrogen-bond donors (Lipinski definition) is 1. The third kappa shape index (κ3) is 4.64. The summed E-state index contributed by atoms with van der Waals surface area (Å²) in [6, 6.07) is 0.458. The SMILES string of the molecule is CCC(CC)C1CN=C(NC(C)CN2CCOCC2)S1. The molecule has 2 aliphatic heterocycles. The van der Waals surface area contributed by atoms with Gasteiger partial charge in [0.25, 0.3) is 0 Å². The van der Waals surface area contributed by atoms with E-state index in [1.807, 2.05) is 11.8 Å². The Kier molecular flexibility index (Phi) is 6.65. The maximum absolute atomic E-state index is 5.39. The van der Waals surface area contributed by atoms with Gasteiger partial charge in [-0.1, -0.05) is 38.5 Å². The molecule has 1 saturated heterocycles. The molecule has 0 aromatic carbocycles. The third-order valence-corrected chi connectivity index (χ3v) is 5.56. The van der Waals surface area contributed by atoms with Gasteiger partial charge in [-0.05, 0) is 12.8 Å². The number of morpholine rings is 1. The van der Waals surface area contributed by atoms with E-state index in [1.165, 1.54) is 12.8 Å². The van der Waals surface area contributed by atoms with Crippen molar-refractivity contribution in [3.05, 3.63) is 0 Å². The van der Waals surface area contributed by atoms with E-state index in [0.29, 0.717) is 11.3 Å². The van der Waals surface area contributed by atoms with Crippen molar-refractivity contribution in [2.45, 2.75) is 44.9 Å². The van der Waals surface area contributed by atoms with Crippen LogP contribution in [0.15, 0.2) is 4.99 Å². The van der Waals surface area contributed by atoms with E-state index in [4.69, 9.17) is 9.73 Å².